The smallest absolute Gasteiger partial charge is 0.107 e. The molecule has 1 fully saturated rings. The molecule has 0 amide bonds. The van der Waals surface area contributed by atoms with Crippen molar-refractivity contribution in [3.05, 3.63) is 21.9 Å². The van der Waals surface area contributed by atoms with Crippen LogP contribution in [0, 0.1) is 29.6 Å². The standard InChI is InChI=1S/C15H21NOS/c1-3-12-6-8-15(10-16,9-7-12)14(17)13-5-4-11(2)18-13/h4-5,12,14,17H,3,6-9H2,1-2H3. The Morgan fingerprint density at radius 2 is 2.17 bits per heavy atom. The van der Waals surface area contributed by atoms with Crippen molar-refractivity contribution in [2.45, 2.75) is 52.1 Å². The Bertz CT molecular complexity index is 438. The van der Waals surface area contributed by atoms with Gasteiger partial charge in [0, 0.05) is 9.75 Å². The van der Waals surface area contributed by atoms with Crippen molar-refractivity contribution < 1.29 is 5.11 Å². The minimum Gasteiger partial charge on any atom is -0.386 e. The van der Waals surface area contributed by atoms with Gasteiger partial charge in [0.25, 0.3) is 0 Å². The minimum absolute atomic E-state index is 0.553. The lowest BCUT2D eigenvalue weighted by Crippen LogP contribution is -2.32. The molecule has 1 aromatic rings. The molecule has 1 unspecified atom stereocenters. The molecule has 1 aromatic heterocycles. The predicted octanol–water partition coefficient (Wildman–Crippen LogP) is 4.20. The molecule has 1 heterocycles. The number of nitrogens with zero attached hydrogens (tertiary/aromatic N) is 1. The van der Waals surface area contributed by atoms with Gasteiger partial charge >= 0.3 is 0 Å². The highest BCUT2D eigenvalue weighted by Crippen LogP contribution is 2.48. The molecule has 2 rings (SSSR count). The van der Waals surface area contributed by atoms with E-state index in [0.29, 0.717) is 0 Å². The number of aliphatic hydroxyl groups is 1. The molecule has 1 aliphatic rings. The van der Waals surface area contributed by atoms with E-state index in [-0.39, 0.29) is 0 Å². The number of nitriles is 1. The average molecular weight is 263 g/mol. The number of hydrogen-bond acceptors (Lipinski definition) is 3. The van der Waals surface area contributed by atoms with Crippen LogP contribution >= 0.6 is 11.3 Å². The third-order valence-electron chi connectivity index (χ3n) is 4.35. The Kier molecular flexibility index (Phi) is 4.09. The third kappa shape index (κ3) is 2.46. The summed E-state index contributed by atoms with van der Waals surface area (Å²) in [4.78, 5) is 2.14. The summed E-state index contributed by atoms with van der Waals surface area (Å²) < 4.78 is 0. The number of hydrogen-bond donors (Lipinski definition) is 1. The zero-order valence-electron chi connectivity index (χ0n) is 11.1. The van der Waals surface area contributed by atoms with Crippen molar-refractivity contribution in [3.8, 4) is 6.07 Å². The molecule has 0 radical (unpaired) electrons. The van der Waals surface area contributed by atoms with E-state index >= 15 is 0 Å². The highest BCUT2D eigenvalue weighted by Gasteiger charge is 2.42. The van der Waals surface area contributed by atoms with Crippen LogP contribution < -0.4 is 0 Å². The Morgan fingerprint density at radius 3 is 2.61 bits per heavy atom. The third-order valence-corrected chi connectivity index (χ3v) is 5.40. The van der Waals surface area contributed by atoms with E-state index in [2.05, 4.69) is 13.0 Å². The van der Waals surface area contributed by atoms with Gasteiger partial charge in [0.15, 0.2) is 0 Å². The SMILES string of the molecule is CCC1CCC(C#N)(C(O)c2ccc(C)s2)CC1. The van der Waals surface area contributed by atoms with Crippen LogP contribution in [-0.2, 0) is 0 Å². The molecule has 1 saturated carbocycles. The van der Waals surface area contributed by atoms with E-state index in [1.807, 2.05) is 19.1 Å². The first-order valence-electron chi connectivity index (χ1n) is 6.77. The second-order valence-electron chi connectivity index (χ2n) is 5.47. The van der Waals surface area contributed by atoms with Crippen molar-refractivity contribution in [1.29, 1.82) is 5.26 Å². The molecule has 0 saturated heterocycles. The molecule has 1 N–H and O–H groups in total. The highest BCUT2D eigenvalue weighted by atomic mass is 32.1. The van der Waals surface area contributed by atoms with E-state index in [9.17, 15) is 10.4 Å². The predicted molar refractivity (Wildman–Crippen MR) is 74.3 cm³/mol. The summed E-state index contributed by atoms with van der Waals surface area (Å²) in [7, 11) is 0. The molecular weight excluding hydrogens is 242 g/mol. The Hall–Kier alpha value is -0.850. The van der Waals surface area contributed by atoms with Gasteiger partial charge in [-0.25, -0.2) is 0 Å². The van der Waals surface area contributed by atoms with Crippen molar-refractivity contribution in [3.63, 3.8) is 0 Å². The molecule has 0 bridgehead atoms. The van der Waals surface area contributed by atoms with Gasteiger partial charge < -0.3 is 5.11 Å². The van der Waals surface area contributed by atoms with E-state index in [1.54, 1.807) is 11.3 Å². The molecule has 18 heavy (non-hydrogen) atoms. The first-order valence-corrected chi connectivity index (χ1v) is 7.58. The average Bonchev–Trinajstić information content (AvgIpc) is 2.84. The second kappa shape index (κ2) is 5.42. The van der Waals surface area contributed by atoms with E-state index in [0.717, 1.165) is 36.5 Å². The van der Waals surface area contributed by atoms with Gasteiger partial charge in [0.05, 0.1) is 11.5 Å². The molecule has 0 aliphatic heterocycles. The molecule has 1 aliphatic carbocycles. The Balaban J connectivity index is 2.16. The van der Waals surface area contributed by atoms with E-state index in [1.165, 1.54) is 11.3 Å². The van der Waals surface area contributed by atoms with Gasteiger partial charge in [-0.1, -0.05) is 13.3 Å². The van der Waals surface area contributed by atoms with Crippen LogP contribution in [0.2, 0.25) is 0 Å². The highest BCUT2D eigenvalue weighted by molar-refractivity contribution is 7.12. The largest absolute Gasteiger partial charge is 0.386 e. The molecule has 98 valence electrons. The van der Waals surface area contributed by atoms with Crippen molar-refractivity contribution in [2.75, 3.05) is 0 Å². The van der Waals surface area contributed by atoms with Crippen LogP contribution in [0.1, 0.15) is 54.9 Å². The quantitative estimate of drug-likeness (QED) is 0.888. The molecule has 0 aromatic carbocycles. The summed E-state index contributed by atoms with van der Waals surface area (Å²) in [5.41, 5.74) is -0.553. The normalized spacial score (nSPS) is 29.8. The topological polar surface area (TPSA) is 44.0 Å². The maximum absolute atomic E-state index is 10.6. The fourth-order valence-electron chi connectivity index (χ4n) is 2.92. The van der Waals surface area contributed by atoms with E-state index < -0.39 is 11.5 Å². The number of thiophene rings is 1. The molecular formula is C15H21NOS. The molecule has 0 spiro atoms. The zero-order valence-corrected chi connectivity index (χ0v) is 12.0. The van der Waals surface area contributed by atoms with Crippen molar-refractivity contribution in [2.24, 2.45) is 11.3 Å². The summed E-state index contributed by atoms with van der Waals surface area (Å²) in [6.07, 6.45) is 4.39. The second-order valence-corrected chi connectivity index (χ2v) is 6.79. The van der Waals surface area contributed by atoms with Crippen LogP contribution in [-0.4, -0.2) is 5.11 Å². The van der Waals surface area contributed by atoms with Crippen LogP contribution in [0.3, 0.4) is 0 Å². The van der Waals surface area contributed by atoms with Crippen LogP contribution in [0.5, 0.6) is 0 Å². The van der Waals surface area contributed by atoms with Gasteiger partial charge in [-0.15, -0.1) is 11.3 Å². The fourth-order valence-corrected chi connectivity index (χ4v) is 3.90. The zero-order chi connectivity index (χ0) is 13.2. The van der Waals surface area contributed by atoms with Crippen LogP contribution in [0.15, 0.2) is 12.1 Å². The van der Waals surface area contributed by atoms with Crippen molar-refractivity contribution in [1.82, 2.24) is 0 Å². The Morgan fingerprint density at radius 1 is 1.50 bits per heavy atom. The van der Waals surface area contributed by atoms with Gasteiger partial charge in [-0.3, -0.25) is 0 Å². The van der Waals surface area contributed by atoms with E-state index in [4.69, 9.17) is 0 Å². The first kappa shape index (κ1) is 13.6. The maximum Gasteiger partial charge on any atom is 0.107 e. The lowest BCUT2D eigenvalue weighted by Gasteiger charge is -2.37. The summed E-state index contributed by atoms with van der Waals surface area (Å²) in [6, 6.07) is 6.41. The fraction of sp³-hybridized carbons (Fsp3) is 0.667. The van der Waals surface area contributed by atoms with Crippen molar-refractivity contribution >= 4 is 11.3 Å². The minimum atomic E-state index is -0.612. The number of rotatable bonds is 3. The molecule has 3 heteroatoms. The summed E-state index contributed by atoms with van der Waals surface area (Å²) in [6.45, 7) is 4.25. The lowest BCUT2D eigenvalue weighted by molar-refractivity contribution is 0.0267. The van der Waals surface area contributed by atoms with Crippen LogP contribution in [0.4, 0.5) is 0 Å². The van der Waals surface area contributed by atoms with Gasteiger partial charge in [-0.05, 0) is 50.7 Å². The first-order chi connectivity index (χ1) is 8.61. The number of aryl methyl sites for hydroxylation is 1. The summed E-state index contributed by atoms with van der Waals surface area (Å²) in [5, 5.41) is 20.1. The van der Waals surface area contributed by atoms with Gasteiger partial charge in [0.2, 0.25) is 0 Å². The maximum atomic E-state index is 10.6. The monoisotopic (exact) mass is 263 g/mol. The molecule has 2 nitrogen and oxygen atoms in total. The summed E-state index contributed by atoms with van der Waals surface area (Å²) in [5.74, 6) is 0.740. The molecule has 1 atom stereocenters. The summed E-state index contributed by atoms with van der Waals surface area (Å²) >= 11 is 1.61. The van der Waals surface area contributed by atoms with Gasteiger partial charge in [-0.2, -0.15) is 5.26 Å². The Labute approximate surface area is 113 Å². The van der Waals surface area contributed by atoms with Crippen LogP contribution in [0.25, 0.3) is 0 Å². The number of aliphatic hydroxyl groups excluding tert-OH is 1. The van der Waals surface area contributed by atoms with Gasteiger partial charge in [0.1, 0.15) is 6.10 Å². The lowest BCUT2D eigenvalue weighted by atomic mass is 9.67.